The van der Waals surface area contributed by atoms with Gasteiger partial charge in [0.05, 0.1) is 37.0 Å². The number of hydrogen-bond acceptors (Lipinski definition) is 6. The first-order valence-corrected chi connectivity index (χ1v) is 18.8. The zero-order chi connectivity index (χ0) is 32.7. The SMILES string of the molecule is CCOP(=O)(OCC)c1cc(C(C)(C)C)cc(P(=O)(OCC)OCC)c1-c1ccc(C(c2ccccc2)c2ccccc2)cc1. The molecule has 0 spiro atoms. The standard InChI is InChI=1S/C37H46O6P2/c1-8-40-44(38,41-9-2)33-26-32(37(5,6)7)27-34(45(39,42-10-3)43-11-4)36(33)31-24-22-30(23-25-31)35(28-18-14-12-15-19-28)29-20-16-13-17-21-29/h12-27,35H,8-11H2,1-7H3. The summed E-state index contributed by atoms with van der Waals surface area (Å²) < 4.78 is 52.9. The minimum absolute atomic E-state index is 0.000412. The molecule has 8 heteroatoms. The molecule has 0 saturated carbocycles. The Kier molecular flexibility index (Phi) is 11.8. The zero-order valence-electron chi connectivity index (χ0n) is 27.5. The Morgan fingerprint density at radius 1 is 0.556 bits per heavy atom. The summed E-state index contributed by atoms with van der Waals surface area (Å²) in [6, 6.07) is 32.6. The van der Waals surface area contributed by atoms with Crippen LogP contribution >= 0.6 is 15.2 Å². The number of benzene rings is 4. The van der Waals surface area contributed by atoms with E-state index in [0.29, 0.717) is 21.7 Å². The summed E-state index contributed by atoms with van der Waals surface area (Å²) in [5.41, 5.74) is 5.06. The van der Waals surface area contributed by atoms with Gasteiger partial charge < -0.3 is 18.1 Å². The minimum atomic E-state index is -3.86. The van der Waals surface area contributed by atoms with Gasteiger partial charge in [0.1, 0.15) is 0 Å². The molecule has 0 saturated heterocycles. The summed E-state index contributed by atoms with van der Waals surface area (Å²) in [5.74, 6) is -0.000412. The first-order chi connectivity index (χ1) is 21.5. The Hall–Kier alpha value is -2.82. The van der Waals surface area contributed by atoms with Gasteiger partial charge >= 0.3 is 15.2 Å². The van der Waals surface area contributed by atoms with Crippen molar-refractivity contribution >= 4 is 25.8 Å². The molecule has 0 aliphatic heterocycles. The summed E-state index contributed by atoms with van der Waals surface area (Å²) >= 11 is 0. The van der Waals surface area contributed by atoms with Crippen LogP contribution in [-0.2, 0) is 32.6 Å². The molecule has 4 aromatic rings. The quantitative estimate of drug-likeness (QED) is 0.100. The average molecular weight is 649 g/mol. The highest BCUT2D eigenvalue weighted by Gasteiger charge is 2.39. The van der Waals surface area contributed by atoms with Crippen molar-refractivity contribution in [1.29, 1.82) is 0 Å². The van der Waals surface area contributed by atoms with E-state index in [1.54, 1.807) is 27.7 Å². The molecule has 0 aliphatic rings. The van der Waals surface area contributed by atoms with Gasteiger partial charge in [-0.05, 0) is 73.1 Å². The van der Waals surface area contributed by atoms with E-state index in [1.807, 2.05) is 60.7 Å². The van der Waals surface area contributed by atoms with Crippen LogP contribution in [0.5, 0.6) is 0 Å². The second kappa shape index (κ2) is 15.2. The Bertz CT molecular complexity index is 1520. The zero-order valence-corrected chi connectivity index (χ0v) is 29.3. The predicted molar refractivity (Wildman–Crippen MR) is 185 cm³/mol. The van der Waals surface area contributed by atoms with Crippen LogP contribution in [0.15, 0.2) is 97.1 Å². The maximum atomic E-state index is 14.6. The second-order valence-corrected chi connectivity index (χ2v) is 15.7. The Labute approximate surface area is 269 Å². The molecule has 4 aromatic carbocycles. The van der Waals surface area contributed by atoms with Gasteiger partial charge in [0.15, 0.2) is 0 Å². The van der Waals surface area contributed by atoms with Crippen molar-refractivity contribution in [2.24, 2.45) is 0 Å². The van der Waals surface area contributed by atoms with Crippen LogP contribution in [0.3, 0.4) is 0 Å². The highest BCUT2D eigenvalue weighted by Crippen LogP contribution is 2.54. The van der Waals surface area contributed by atoms with Crippen molar-refractivity contribution in [3.8, 4) is 11.1 Å². The van der Waals surface area contributed by atoms with Crippen molar-refractivity contribution in [3.63, 3.8) is 0 Å². The summed E-state index contributed by atoms with van der Waals surface area (Å²) in [5, 5.41) is 0.701. The van der Waals surface area contributed by atoms with Gasteiger partial charge in [-0.2, -0.15) is 0 Å². The summed E-state index contributed by atoms with van der Waals surface area (Å²) in [6.07, 6.45) is 0. The monoisotopic (exact) mass is 648 g/mol. The molecule has 45 heavy (non-hydrogen) atoms. The number of hydrogen-bond donors (Lipinski definition) is 0. The fourth-order valence-corrected chi connectivity index (χ4v) is 9.31. The average Bonchev–Trinajstić information content (AvgIpc) is 3.02. The molecule has 0 aliphatic carbocycles. The molecular formula is C37H46O6P2. The fraction of sp³-hybridized carbons (Fsp3) is 0.351. The molecular weight excluding hydrogens is 602 g/mol. The van der Waals surface area contributed by atoms with Gasteiger partial charge in [-0.1, -0.05) is 106 Å². The van der Waals surface area contributed by atoms with Crippen LogP contribution in [0.25, 0.3) is 11.1 Å². The van der Waals surface area contributed by atoms with Gasteiger partial charge in [0.2, 0.25) is 0 Å². The lowest BCUT2D eigenvalue weighted by atomic mass is 9.84. The third kappa shape index (κ3) is 7.95. The van der Waals surface area contributed by atoms with E-state index >= 15 is 0 Å². The van der Waals surface area contributed by atoms with Crippen LogP contribution in [-0.4, -0.2) is 26.4 Å². The molecule has 0 bridgehead atoms. The van der Waals surface area contributed by atoms with Gasteiger partial charge in [0.25, 0.3) is 0 Å². The smallest absolute Gasteiger partial charge is 0.305 e. The van der Waals surface area contributed by atoms with Crippen molar-refractivity contribution in [1.82, 2.24) is 0 Å². The molecule has 0 radical (unpaired) electrons. The van der Waals surface area contributed by atoms with Crippen molar-refractivity contribution in [2.45, 2.75) is 59.8 Å². The molecule has 0 heterocycles. The third-order valence-electron chi connectivity index (χ3n) is 7.55. The van der Waals surface area contributed by atoms with Gasteiger partial charge in [-0.3, -0.25) is 9.13 Å². The lowest BCUT2D eigenvalue weighted by Crippen LogP contribution is -2.27. The first-order valence-electron chi connectivity index (χ1n) is 15.7. The van der Waals surface area contributed by atoms with Crippen LogP contribution in [0.2, 0.25) is 0 Å². The van der Waals surface area contributed by atoms with Crippen LogP contribution in [0.4, 0.5) is 0 Å². The molecule has 0 N–H and O–H groups in total. The highest BCUT2D eigenvalue weighted by molar-refractivity contribution is 7.64. The summed E-state index contributed by atoms with van der Waals surface area (Å²) in [6.45, 7) is 14.0. The van der Waals surface area contributed by atoms with E-state index < -0.39 is 15.2 Å². The second-order valence-electron chi connectivity index (χ2n) is 11.7. The predicted octanol–water partition coefficient (Wildman–Crippen LogP) is 9.61. The Balaban J connectivity index is 2.04. The molecule has 0 unspecified atom stereocenters. The molecule has 0 aromatic heterocycles. The Morgan fingerprint density at radius 2 is 0.911 bits per heavy atom. The van der Waals surface area contributed by atoms with Crippen LogP contribution in [0, 0.1) is 0 Å². The van der Waals surface area contributed by atoms with E-state index in [4.69, 9.17) is 18.1 Å². The van der Waals surface area contributed by atoms with Crippen LogP contribution < -0.4 is 10.6 Å². The van der Waals surface area contributed by atoms with Crippen molar-refractivity contribution in [2.75, 3.05) is 26.4 Å². The lowest BCUT2D eigenvalue weighted by Gasteiger charge is -2.29. The largest absolute Gasteiger partial charge is 0.361 e. The molecule has 0 amide bonds. The summed E-state index contributed by atoms with van der Waals surface area (Å²) in [7, 11) is -7.73. The van der Waals surface area contributed by atoms with Crippen molar-refractivity contribution in [3.05, 3.63) is 119 Å². The molecule has 0 atom stereocenters. The molecule has 6 nitrogen and oxygen atoms in total. The lowest BCUT2D eigenvalue weighted by molar-refractivity contribution is 0.230. The van der Waals surface area contributed by atoms with E-state index in [2.05, 4.69) is 57.2 Å². The van der Waals surface area contributed by atoms with Gasteiger partial charge in [-0.25, -0.2) is 0 Å². The van der Waals surface area contributed by atoms with Gasteiger partial charge in [0, 0.05) is 11.5 Å². The summed E-state index contributed by atoms with van der Waals surface area (Å²) in [4.78, 5) is 0. The molecule has 0 fully saturated rings. The maximum Gasteiger partial charge on any atom is 0.361 e. The van der Waals surface area contributed by atoms with Crippen LogP contribution in [0.1, 0.15) is 76.6 Å². The topological polar surface area (TPSA) is 71.1 Å². The number of rotatable bonds is 14. The van der Waals surface area contributed by atoms with E-state index in [0.717, 1.165) is 11.1 Å². The minimum Gasteiger partial charge on any atom is -0.305 e. The third-order valence-corrected chi connectivity index (χ3v) is 11.8. The maximum absolute atomic E-state index is 14.6. The molecule has 240 valence electrons. The fourth-order valence-electron chi connectivity index (χ4n) is 5.52. The first kappa shape index (κ1) is 35.0. The highest BCUT2D eigenvalue weighted by atomic mass is 31.2. The molecule has 4 rings (SSSR count). The Morgan fingerprint density at radius 3 is 1.24 bits per heavy atom. The van der Waals surface area contributed by atoms with Crippen molar-refractivity contribution < 1.29 is 27.2 Å². The van der Waals surface area contributed by atoms with E-state index in [9.17, 15) is 9.13 Å². The van der Waals surface area contributed by atoms with E-state index in [1.165, 1.54) is 11.1 Å². The van der Waals surface area contributed by atoms with E-state index in [-0.39, 0.29) is 37.8 Å². The normalized spacial score (nSPS) is 12.5. The van der Waals surface area contributed by atoms with Gasteiger partial charge in [-0.15, -0.1) is 0 Å².